The van der Waals surface area contributed by atoms with Gasteiger partial charge in [0, 0.05) is 25.6 Å². The van der Waals surface area contributed by atoms with Crippen LogP contribution in [0.25, 0.3) is 0 Å². The maximum Gasteiger partial charge on any atom is 0.406 e. The summed E-state index contributed by atoms with van der Waals surface area (Å²) in [5.41, 5.74) is 0. The molecule has 1 N–H and O–H groups in total. The van der Waals surface area contributed by atoms with Crippen molar-refractivity contribution in [3.8, 4) is 0 Å². The number of hydrogen-bond donors (Lipinski definition) is 1. The highest BCUT2D eigenvalue weighted by Crippen LogP contribution is 2.25. The maximum absolute atomic E-state index is 12.6. The lowest BCUT2D eigenvalue weighted by atomic mass is 9.86. The molecule has 2 heterocycles. The van der Waals surface area contributed by atoms with Crippen LogP contribution in [0.1, 0.15) is 26.7 Å². The van der Waals surface area contributed by atoms with Crippen molar-refractivity contribution in [1.82, 2.24) is 15.1 Å². The van der Waals surface area contributed by atoms with Gasteiger partial charge in [0.25, 0.3) is 0 Å². The number of nitrogens with zero attached hydrogens (tertiary/aromatic N) is 2. The van der Waals surface area contributed by atoms with Gasteiger partial charge >= 0.3 is 6.18 Å². The molecule has 2 fully saturated rings. The zero-order chi connectivity index (χ0) is 17.9. The van der Waals surface area contributed by atoms with Crippen LogP contribution in [0.5, 0.6) is 0 Å². The quantitative estimate of drug-likeness (QED) is 0.786. The lowest BCUT2D eigenvalue weighted by Gasteiger charge is -2.39. The molecule has 0 radical (unpaired) electrons. The minimum atomic E-state index is -4.40. The first-order chi connectivity index (χ1) is 11.2. The first-order valence-electron chi connectivity index (χ1n) is 8.58. The van der Waals surface area contributed by atoms with Crippen molar-refractivity contribution in [1.29, 1.82) is 0 Å². The van der Waals surface area contributed by atoms with Gasteiger partial charge in [-0.25, -0.2) is 0 Å². The molecule has 2 unspecified atom stereocenters. The fourth-order valence-electron chi connectivity index (χ4n) is 3.35. The number of likely N-dealkylation sites (tertiary alicyclic amines) is 1. The van der Waals surface area contributed by atoms with Crippen LogP contribution < -0.4 is 5.32 Å². The van der Waals surface area contributed by atoms with E-state index >= 15 is 0 Å². The topological polar surface area (TPSA) is 52.7 Å². The molecule has 0 saturated carbocycles. The second kappa shape index (κ2) is 9.07. The predicted octanol–water partition coefficient (Wildman–Crippen LogP) is 1.91. The van der Waals surface area contributed by atoms with Gasteiger partial charge in [-0.3, -0.25) is 9.59 Å². The van der Waals surface area contributed by atoms with E-state index in [-0.39, 0.29) is 37.3 Å². The largest absolute Gasteiger partial charge is 0.406 e. The normalized spacial score (nSPS) is 22.6. The van der Waals surface area contributed by atoms with E-state index in [0.29, 0.717) is 25.3 Å². The third kappa shape index (κ3) is 5.74. The van der Waals surface area contributed by atoms with E-state index in [1.54, 1.807) is 11.8 Å². The van der Waals surface area contributed by atoms with Gasteiger partial charge < -0.3 is 15.1 Å². The summed E-state index contributed by atoms with van der Waals surface area (Å²) < 4.78 is 37.8. The molecule has 0 aromatic carbocycles. The van der Waals surface area contributed by atoms with Crippen LogP contribution in [0.3, 0.4) is 0 Å². The van der Waals surface area contributed by atoms with E-state index in [0.717, 1.165) is 18.0 Å². The van der Waals surface area contributed by atoms with E-state index in [1.807, 2.05) is 6.92 Å². The van der Waals surface area contributed by atoms with Crippen LogP contribution in [0.15, 0.2) is 0 Å². The number of nitrogens with one attached hydrogen (secondary N) is 1. The fraction of sp³-hybridized carbons (Fsp3) is 0.875. The van der Waals surface area contributed by atoms with Crippen molar-refractivity contribution < 1.29 is 22.8 Å². The Morgan fingerprint density at radius 2 is 1.96 bits per heavy atom. The molecule has 0 aromatic heterocycles. The average Bonchev–Trinajstić information content (AvgIpc) is 2.48. The smallest absolute Gasteiger partial charge is 0.342 e. The standard InChI is InChI=1S/C16H26F3N3O2.ClH/c1-3-21(10-16(17,18)19)15(24)12-5-4-6-22(9-12)14(23)11(2)13-7-20-8-13;/h11-13,20H,3-10H2,1-2H3;1H. The van der Waals surface area contributed by atoms with Gasteiger partial charge in [-0.15, -0.1) is 12.4 Å². The summed E-state index contributed by atoms with van der Waals surface area (Å²) in [6, 6.07) is 0. The molecule has 0 spiro atoms. The molecule has 0 bridgehead atoms. The third-order valence-electron chi connectivity index (χ3n) is 5.06. The molecule has 2 rings (SSSR count). The Hall–Kier alpha value is -1.02. The number of piperidine rings is 1. The zero-order valence-corrected chi connectivity index (χ0v) is 15.5. The molecular weight excluding hydrogens is 359 g/mol. The number of hydrogen-bond acceptors (Lipinski definition) is 3. The number of amides is 2. The Balaban J connectivity index is 0.00000312. The molecule has 2 aliphatic rings. The summed E-state index contributed by atoms with van der Waals surface area (Å²) >= 11 is 0. The van der Waals surface area contributed by atoms with Crippen molar-refractivity contribution >= 4 is 24.2 Å². The number of halogens is 4. The molecule has 25 heavy (non-hydrogen) atoms. The average molecular weight is 386 g/mol. The van der Waals surface area contributed by atoms with E-state index < -0.39 is 24.5 Å². The van der Waals surface area contributed by atoms with Crippen LogP contribution in [0.4, 0.5) is 13.2 Å². The summed E-state index contributed by atoms with van der Waals surface area (Å²) in [4.78, 5) is 27.5. The first-order valence-corrected chi connectivity index (χ1v) is 8.58. The molecule has 0 aromatic rings. The van der Waals surface area contributed by atoms with Crippen LogP contribution in [0, 0.1) is 17.8 Å². The van der Waals surface area contributed by atoms with Crippen molar-refractivity contribution in [2.45, 2.75) is 32.9 Å². The minimum Gasteiger partial charge on any atom is -0.342 e. The molecule has 5 nitrogen and oxygen atoms in total. The third-order valence-corrected chi connectivity index (χ3v) is 5.06. The van der Waals surface area contributed by atoms with Crippen molar-refractivity contribution in [3.63, 3.8) is 0 Å². The van der Waals surface area contributed by atoms with Gasteiger partial charge in [-0.2, -0.15) is 13.2 Å². The fourth-order valence-corrected chi connectivity index (χ4v) is 3.35. The summed E-state index contributed by atoms with van der Waals surface area (Å²) in [5, 5.41) is 3.13. The van der Waals surface area contributed by atoms with Crippen LogP contribution in [-0.4, -0.2) is 67.1 Å². The van der Waals surface area contributed by atoms with E-state index in [4.69, 9.17) is 0 Å². The summed E-state index contributed by atoms with van der Waals surface area (Å²) in [5.74, 6) is -0.816. The highest BCUT2D eigenvalue weighted by Gasteiger charge is 2.38. The van der Waals surface area contributed by atoms with Crippen molar-refractivity contribution in [2.24, 2.45) is 17.8 Å². The van der Waals surface area contributed by atoms with Crippen LogP contribution in [0.2, 0.25) is 0 Å². The molecule has 2 saturated heterocycles. The molecular formula is C16H27ClF3N3O2. The van der Waals surface area contributed by atoms with Gasteiger partial charge in [0.05, 0.1) is 5.92 Å². The maximum atomic E-state index is 12.6. The monoisotopic (exact) mass is 385 g/mol. The number of carbonyl (C=O) groups is 2. The number of alkyl halides is 3. The number of rotatable bonds is 5. The summed E-state index contributed by atoms with van der Waals surface area (Å²) in [7, 11) is 0. The molecule has 2 aliphatic heterocycles. The Morgan fingerprint density at radius 3 is 2.44 bits per heavy atom. The van der Waals surface area contributed by atoms with Gasteiger partial charge in [-0.05, 0) is 38.8 Å². The zero-order valence-electron chi connectivity index (χ0n) is 14.6. The first kappa shape index (κ1) is 22.0. The summed E-state index contributed by atoms with van der Waals surface area (Å²) in [6.45, 7) is 4.68. The van der Waals surface area contributed by atoms with E-state index in [9.17, 15) is 22.8 Å². The molecule has 9 heteroatoms. The minimum absolute atomic E-state index is 0. The number of carbonyl (C=O) groups excluding carboxylic acids is 2. The lowest BCUT2D eigenvalue weighted by Crippen LogP contribution is -2.53. The predicted molar refractivity (Wildman–Crippen MR) is 90.4 cm³/mol. The Kier molecular flexibility index (Phi) is 7.99. The van der Waals surface area contributed by atoms with Gasteiger partial charge in [0.1, 0.15) is 6.54 Å². The molecule has 2 atom stereocenters. The lowest BCUT2D eigenvalue weighted by molar-refractivity contribution is -0.165. The van der Waals surface area contributed by atoms with Crippen LogP contribution >= 0.6 is 12.4 Å². The Morgan fingerprint density at radius 1 is 1.32 bits per heavy atom. The SMILES string of the molecule is CCN(CC(F)(F)F)C(=O)C1CCCN(C(=O)C(C)C2CNC2)C1.Cl. The van der Waals surface area contributed by atoms with Crippen molar-refractivity contribution in [2.75, 3.05) is 39.3 Å². The molecule has 2 amide bonds. The molecule has 146 valence electrons. The van der Waals surface area contributed by atoms with Crippen LogP contribution in [-0.2, 0) is 9.59 Å². The van der Waals surface area contributed by atoms with E-state index in [1.165, 1.54) is 0 Å². The summed E-state index contributed by atoms with van der Waals surface area (Å²) in [6.07, 6.45) is -3.21. The van der Waals surface area contributed by atoms with Gasteiger partial charge in [0.2, 0.25) is 11.8 Å². The second-order valence-electron chi connectivity index (χ2n) is 6.80. The molecule has 0 aliphatic carbocycles. The van der Waals surface area contributed by atoms with Gasteiger partial charge in [-0.1, -0.05) is 6.92 Å². The Bertz CT molecular complexity index is 472. The highest BCUT2D eigenvalue weighted by molar-refractivity contribution is 5.85. The van der Waals surface area contributed by atoms with Crippen molar-refractivity contribution in [3.05, 3.63) is 0 Å². The van der Waals surface area contributed by atoms with E-state index in [2.05, 4.69) is 5.32 Å². The Labute approximate surface area is 152 Å². The van der Waals surface area contributed by atoms with Gasteiger partial charge in [0.15, 0.2) is 0 Å². The highest BCUT2D eigenvalue weighted by atomic mass is 35.5. The second-order valence-corrected chi connectivity index (χ2v) is 6.80.